The van der Waals surface area contributed by atoms with Gasteiger partial charge >= 0.3 is 0 Å². The average Bonchev–Trinajstić information content (AvgIpc) is 2.77. The first-order chi connectivity index (χ1) is 14.9. The number of carbonyl (C=O) groups is 1. The van der Waals surface area contributed by atoms with Crippen molar-refractivity contribution in [2.24, 2.45) is 0 Å². The van der Waals surface area contributed by atoms with E-state index in [-0.39, 0.29) is 15.6 Å². The van der Waals surface area contributed by atoms with Crippen LogP contribution in [0.5, 0.6) is 5.75 Å². The van der Waals surface area contributed by atoms with Gasteiger partial charge in [-0.3, -0.25) is 9.10 Å². The van der Waals surface area contributed by atoms with Crippen LogP contribution in [-0.4, -0.2) is 34.2 Å². The fraction of sp³-hybridized carbons (Fsp3) is 0.136. The maximum Gasteiger partial charge on any atom is 0.264 e. The van der Waals surface area contributed by atoms with E-state index in [0.717, 1.165) is 9.20 Å². The van der Waals surface area contributed by atoms with Crippen LogP contribution < -0.4 is 14.4 Å². The molecule has 162 valence electrons. The minimum atomic E-state index is -4.11. The molecule has 0 fully saturated rings. The van der Waals surface area contributed by atoms with Gasteiger partial charge in [-0.25, -0.2) is 8.42 Å². The normalized spacial score (nSPS) is 11.1. The lowest BCUT2D eigenvalue weighted by Gasteiger charge is -2.25. The molecule has 0 unspecified atom stereocenters. The van der Waals surface area contributed by atoms with Gasteiger partial charge in [0, 0.05) is 9.92 Å². The van der Waals surface area contributed by atoms with E-state index < -0.39 is 22.5 Å². The number of halogens is 1. The van der Waals surface area contributed by atoms with E-state index in [1.54, 1.807) is 48.5 Å². The highest BCUT2D eigenvalue weighted by Gasteiger charge is 2.29. The number of para-hydroxylation sites is 3. The van der Waals surface area contributed by atoms with Crippen molar-refractivity contribution in [2.75, 3.05) is 29.5 Å². The third-order valence-corrected chi connectivity index (χ3v) is 7.19. The monoisotopic (exact) mass is 476 g/mol. The van der Waals surface area contributed by atoms with Crippen molar-refractivity contribution in [3.8, 4) is 5.75 Å². The Labute approximate surface area is 191 Å². The molecule has 3 rings (SSSR count). The summed E-state index contributed by atoms with van der Waals surface area (Å²) in [6.45, 7) is -0.446. The first-order valence-corrected chi connectivity index (χ1v) is 12.3. The number of sulfonamides is 1. The molecule has 6 nitrogen and oxygen atoms in total. The molecule has 0 saturated carbocycles. The first kappa shape index (κ1) is 23.0. The van der Waals surface area contributed by atoms with Crippen LogP contribution in [0, 0.1) is 0 Å². The Morgan fingerprint density at radius 2 is 1.77 bits per heavy atom. The Balaban J connectivity index is 2.01. The van der Waals surface area contributed by atoms with Gasteiger partial charge in [0.05, 0.1) is 23.4 Å². The number of amides is 1. The molecule has 0 atom stereocenters. The fourth-order valence-electron chi connectivity index (χ4n) is 2.96. The summed E-state index contributed by atoms with van der Waals surface area (Å²) in [6, 6.07) is 19.8. The fourth-order valence-corrected chi connectivity index (χ4v) is 5.24. The molecule has 3 aromatic carbocycles. The third-order valence-electron chi connectivity index (χ3n) is 4.41. The second-order valence-corrected chi connectivity index (χ2v) is 9.54. The number of benzene rings is 3. The molecule has 1 amide bonds. The molecule has 0 bridgehead atoms. The quantitative estimate of drug-likeness (QED) is 0.468. The van der Waals surface area contributed by atoms with Crippen molar-refractivity contribution in [3.05, 3.63) is 77.8 Å². The summed E-state index contributed by atoms with van der Waals surface area (Å²) in [6.07, 6.45) is 1.90. The van der Waals surface area contributed by atoms with Crippen LogP contribution in [0.15, 0.2) is 82.6 Å². The Morgan fingerprint density at radius 3 is 2.48 bits per heavy atom. The number of rotatable bonds is 8. The number of nitrogens with one attached hydrogen (secondary N) is 1. The molecular weight excluding hydrogens is 456 g/mol. The van der Waals surface area contributed by atoms with Gasteiger partial charge in [0.2, 0.25) is 5.91 Å². The van der Waals surface area contributed by atoms with Crippen molar-refractivity contribution in [1.29, 1.82) is 0 Å². The first-order valence-electron chi connectivity index (χ1n) is 9.21. The molecule has 0 radical (unpaired) electrons. The number of anilines is 2. The molecule has 0 aliphatic rings. The SMILES string of the molecule is COc1ccccc1N(CC(=O)Nc1ccccc1SC)S(=O)(=O)c1cccc(Cl)c1. The topological polar surface area (TPSA) is 75.7 Å². The molecule has 31 heavy (non-hydrogen) atoms. The van der Waals surface area contributed by atoms with Gasteiger partial charge < -0.3 is 10.1 Å². The number of carbonyl (C=O) groups excluding carboxylic acids is 1. The van der Waals surface area contributed by atoms with Crippen LogP contribution in [0.4, 0.5) is 11.4 Å². The van der Waals surface area contributed by atoms with Crippen molar-refractivity contribution in [1.82, 2.24) is 0 Å². The highest BCUT2D eigenvalue weighted by atomic mass is 35.5. The van der Waals surface area contributed by atoms with E-state index in [2.05, 4.69) is 5.32 Å². The summed E-state index contributed by atoms with van der Waals surface area (Å²) in [7, 11) is -2.67. The maximum absolute atomic E-state index is 13.5. The number of hydrogen-bond acceptors (Lipinski definition) is 5. The zero-order chi connectivity index (χ0) is 22.4. The van der Waals surface area contributed by atoms with E-state index in [4.69, 9.17) is 16.3 Å². The van der Waals surface area contributed by atoms with Gasteiger partial charge in [-0.05, 0) is 48.7 Å². The summed E-state index contributed by atoms with van der Waals surface area (Å²) >= 11 is 7.50. The Kier molecular flexibility index (Phi) is 7.48. The predicted molar refractivity (Wildman–Crippen MR) is 126 cm³/mol. The number of methoxy groups -OCH3 is 1. The van der Waals surface area contributed by atoms with Gasteiger partial charge in [0.25, 0.3) is 10.0 Å². The highest BCUT2D eigenvalue weighted by molar-refractivity contribution is 7.98. The minimum Gasteiger partial charge on any atom is -0.495 e. The summed E-state index contributed by atoms with van der Waals surface area (Å²) in [5.74, 6) is -0.163. The van der Waals surface area contributed by atoms with E-state index >= 15 is 0 Å². The zero-order valence-corrected chi connectivity index (χ0v) is 19.3. The molecule has 0 aliphatic heterocycles. The summed E-state index contributed by atoms with van der Waals surface area (Å²) in [4.78, 5) is 13.8. The Bertz CT molecular complexity index is 1190. The Morgan fingerprint density at radius 1 is 1.06 bits per heavy atom. The van der Waals surface area contributed by atoms with Crippen molar-refractivity contribution in [3.63, 3.8) is 0 Å². The van der Waals surface area contributed by atoms with Crippen LogP contribution in [-0.2, 0) is 14.8 Å². The van der Waals surface area contributed by atoms with Crippen LogP contribution in [0.3, 0.4) is 0 Å². The number of hydrogen-bond donors (Lipinski definition) is 1. The summed E-state index contributed by atoms with van der Waals surface area (Å²) in [5, 5.41) is 3.08. The number of nitrogens with zero attached hydrogens (tertiary/aromatic N) is 1. The van der Waals surface area contributed by atoms with Gasteiger partial charge in [-0.15, -0.1) is 11.8 Å². The van der Waals surface area contributed by atoms with Crippen molar-refractivity contribution in [2.45, 2.75) is 9.79 Å². The standard InChI is InChI=1S/C22H21ClN2O4S2/c1-29-20-12-5-4-11-19(20)25(31(27,28)17-9-7-8-16(23)14-17)15-22(26)24-18-10-3-6-13-21(18)30-2/h3-14H,15H2,1-2H3,(H,24,26). The van der Waals surface area contributed by atoms with Gasteiger partial charge in [0.1, 0.15) is 12.3 Å². The lowest BCUT2D eigenvalue weighted by Crippen LogP contribution is -2.38. The third kappa shape index (κ3) is 5.33. The molecule has 1 N–H and O–H groups in total. The Hall–Kier alpha value is -2.68. The number of ether oxygens (including phenoxy) is 1. The van der Waals surface area contributed by atoms with Crippen LogP contribution in [0.25, 0.3) is 0 Å². The molecular formula is C22H21ClN2O4S2. The molecule has 9 heteroatoms. The van der Waals surface area contributed by atoms with E-state index in [1.807, 2.05) is 18.4 Å². The lowest BCUT2D eigenvalue weighted by molar-refractivity contribution is -0.114. The molecule has 0 spiro atoms. The second-order valence-electron chi connectivity index (χ2n) is 6.39. The van der Waals surface area contributed by atoms with E-state index in [9.17, 15) is 13.2 Å². The number of thioether (sulfide) groups is 1. The second kappa shape index (κ2) is 10.1. The highest BCUT2D eigenvalue weighted by Crippen LogP contribution is 2.33. The summed E-state index contributed by atoms with van der Waals surface area (Å²) in [5.41, 5.74) is 0.860. The summed E-state index contributed by atoms with van der Waals surface area (Å²) < 4.78 is 33.4. The predicted octanol–water partition coefficient (Wildman–Crippen LogP) is 4.90. The van der Waals surface area contributed by atoms with Crippen molar-refractivity contribution < 1.29 is 17.9 Å². The van der Waals surface area contributed by atoms with Crippen molar-refractivity contribution >= 4 is 50.7 Å². The molecule has 0 aliphatic carbocycles. The van der Waals surface area contributed by atoms with Crippen LogP contribution in [0.1, 0.15) is 0 Å². The molecule has 3 aromatic rings. The largest absolute Gasteiger partial charge is 0.495 e. The van der Waals surface area contributed by atoms with Gasteiger partial charge in [-0.1, -0.05) is 41.9 Å². The molecule has 0 aromatic heterocycles. The van der Waals surface area contributed by atoms with E-state index in [0.29, 0.717) is 11.4 Å². The maximum atomic E-state index is 13.5. The smallest absolute Gasteiger partial charge is 0.264 e. The van der Waals surface area contributed by atoms with Crippen LogP contribution >= 0.6 is 23.4 Å². The lowest BCUT2D eigenvalue weighted by atomic mass is 10.3. The minimum absolute atomic E-state index is 0.0248. The van der Waals surface area contributed by atoms with Gasteiger partial charge in [0.15, 0.2) is 0 Å². The average molecular weight is 477 g/mol. The zero-order valence-electron chi connectivity index (χ0n) is 16.9. The van der Waals surface area contributed by atoms with E-state index in [1.165, 1.54) is 31.0 Å². The molecule has 0 heterocycles. The van der Waals surface area contributed by atoms with Crippen LogP contribution in [0.2, 0.25) is 5.02 Å². The molecule has 0 saturated heterocycles. The van der Waals surface area contributed by atoms with Gasteiger partial charge in [-0.2, -0.15) is 0 Å².